The first-order valence-electron chi connectivity index (χ1n) is 8.18. The SMILES string of the molecule is C=C(C)Cn1c(N/N=C/c2ccc(O)cc2)nc2c1c(=O)n(C)c(=O)n2C. The number of aromatic hydroxyl groups is 1. The van der Waals surface area contributed by atoms with Gasteiger partial charge in [-0.3, -0.25) is 18.5 Å². The van der Waals surface area contributed by atoms with Crippen molar-refractivity contribution in [2.45, 2.75) is 13.5 Å². The highest BCUT2D eigenvalue weighted by molar-refractivity contribution is 5.80. The summed E-state index contributed by atoms with van der Waals surface area (Å²) >= 11 is 0. The Balaban J connectivity index is 2.09. The molecule has 0 aliphatic heterocycles. The minimum atomic E-state index is -0.452. The molecule has 9 nitrogen and oxygen atoms in total. The number of aromatic nitrogens is 4. The Hall–Kier alpha value is -3.62. The van der Waals surface area contributed by atoms with E-state index in [4.69, 9.17) is 0 Å². The Labute approximate surface area is 154 Å². The van der Waals surface area contributed by atoms with E-state index in [1.54, 1.807) is 42.1 Å². The lowest BCUT2D eigenvalue weighted by molar-refractivity contribution is 0.475. The highest BCUT2D eigenvalue weighted by atomic mass is 16.3. The van der Waals surface area contributed by atoms with Crippen molar-refractivity contribution in [3.8, 4) is 5.75 Å². The van der Waals surface area contributed by atoms with E-state index in [0.29, 0.717) is 18.0 Å². The van der Waals surface area contributed by atoms with Crippen molar-refractivity contribution in [2.75, 3.05) is 5.43 Å². The van der Waals surface area contributed by atoms with Crippen LogP contribution in [-0.2, 0) is 20.6 Å². The zero-order valence-electron chi connectivity index (χ0n) is 15.3. The molecule has 2 N–H and O–H groups in total. The summed E-state index contributed by atoms with van der Waals surface area (Å²) in [6.45, 7) is 6.07. The van der Waals surface area contributed by atoms with Gasteiger partial charge in [-0.2, -0.15) is 10.1 Å². The third-order valence-electron chi connectivity index (χ3n) is 4.05. The van der Waals surface area contributed by atoms with Crippen LogP contribution in [0.3, 0.4) is 0 Å². The molecule has 3 rings (SSSR count). The van der Waals surface area contributed by atoms with E-state index in [-0.39, 0.29) is 11.4 Å². The highest BCUT2D eigenvalue weighted by Gasteiger charge is 2.18. The summed E-state index contributed by atoms with van der Waals surface area (Å²) in [5.74, 6) is 0.487. The molecule has 27 heavy (non-hydrogen) atoms. The van der Waals surface area contributed by atoms with Crippen molar-refractivity contribution in [3.05, 3.63) is 62.8 Å². The van der Waals surface area contributed by atoms with Crippen LogP contribution in [-0.4, -0.2) is 30.0 Å². The molecule has 0 aliphatic carbocycles. The number of fused-ring (bicyclic) bond motifs is 1. The summed E-state index contributed by atoms with van der Waals surface area (Å²) in [7, 11) is 2.99. The minimum absolute atomic E-state index is 0.167. The molecule has 0 spiro atoms. The van der Waals surface area contributed by atoms with Crippen LogP contribution in [0.4, 0.5) is 5.95 Å². The van der Waals surface area contributed by atoms with E-state index in [9.17, 15) is 14.7 Å². The van der Waals surface area contributed by atoms with Crippen LogP contribution in [0.1, 0.15) is 12.5 Å². The lowest BCUT2D eigenvalue weighted by Gasteiger charge is -2.08. The second-order valence-corrected chi connectivity index (χ2v) is 6.32. The number of imidazole rings is 1. The van der Waals surface area contributed by atoms with Crippen molar-refractivity contribution in [1.82, 2.24) is 18.7 Å². The standard InChI is InChI=1S/C18H20N6O3/c1-11(2)10-24-14-15(22(3)18(27)23(4)16(14)26)20-17(24)21-19-9-12-5-7-13(25)8-6-12/h5-9,25H,1,10H2,2-4H3,(H,20,21)/b19-9+. The van der Waals surface area contributed by atoms with E-state index in [2.05, 4.69) is 22.1 Å². The maximum absolute atomic E-state index is 12.6. The van der Waals surface area contributed by atoms with Crippen LogP contribution in [0, 0.1) is 0 Å². The molecule has 140 valence electrons. The molecule has 0 saturated heterocycles. The molecule has 0 fully saturated rings. The predicted molar refractivity (Wildman–Crippen MR) is 104 cm³/mol. The molecule has 0 atom stereocenters. The van der Waals surface area contributed by atoms with Crippen LogP contribution in [0.5, 0.6) is 5.75 Å². The Kier molecular flexibility index (Phi) is 4.68. The Morgan fingerprint density at radius 2 is 1.93 bits per heavy atom. The third-order valence-corrected chi connectivity index (χ3v) is 4.05. The summed E-state index contributed by atoms with van der Waals surface area (Å²) in [5.41, 5.74) is 4.08. The van der Waals surface area contributed by atoms with Crippen LogP contribution in [0.25, 0.3) is 11.2 Å². The first kappa shape index (κ1) is 18.2. The number of hydrazone groups is 1. The molecule has 1 aromatic carbocycles. The average molecular weight is 368 g/mol. The quantitative estimate of drug-likeness (QED) is 0.399. The molecule has 2 heterocycles. The molecular weight excluding hydrogens is 348 g/mol. The fourth-order valence-corrected chi connectivity index (χ4v) is 2.68. The van der Waals surface area contributed by atoms with Crippen molar-refractivity contribution >= 4 is 23.3 Å². The molecular formula is C18H20N6O3. The number of phenolic OH excluding ortho intramolecular Hbond substituents is 1. The Bertz CT molecular complexity index is 1170. The number of nitrogens with zero attached hydrogens (tertiary/aromatic N) is 5. The number of rotatable bonds is 5. The van der Waals surface area contributed by atoms with Crippen molar-refractivity contribution in [3.63, 3.8) is 0 Å². The van der Waals surface area contributed by atoms with Crippen molar-refractivity contribution < 1.29 is 5.11 Å². The van der Waals surface area contributed by atoms with Gasteiger partial charge in [-0.05, 0) is 36.8 Å². The highest BCUT2D eigenvalue weighted by Crippen LogP contribution is 2.17. The molecule has 0 aliphatic rings. The van der Waals surface area contributed by atoms with Gasteiger partial charge < -0.3 is 5.11 Å². The average Bonchev–Trinajstić information content (AvgIpc) is 2.98. The third kappa shape index (κ3) is 3.39. The summed E-state index contributed by atoms with van der Waals surface area (Å²) < 4.78 is 4.01. The first-order chi connectivity index (χ1) is 12.8. The molecule has 0 unspecified atom stereocenters. The Morgan fingerprint density at radius 1 is 1.26 bits per heavy atom. The monoisotopic (exact) mass is 368 g/mol. The Morgan fingerprint density at radius 3 is 2.56 bits per heavy atom. The van der Waals surface area contributed by atoms with E-state index >= 15 is 0 Å². The van der Waals surface area contributed by atoms with Gasteiger partial charge in [-0.15, -0.1) is 0 Å². The number of phenols is 1. The van der Waals surface area contributed by atoms with Crippen LogP contribution < -0.4 is 16.7 Å². The second-order valence-electron chi connectivity index (χ2n) is 6.32. The number of hydrogen-bond acceptors (Lipinski definition) is 6. The van der Waals surface area contributed by atoms with E-state index < -0.39 is 11.2 Å². The molecule has 9 heteroatoms. The summed E-state index contributed by atoms with van der Waals surface area (Å²) in [4.78, 5) is 29.2. The zero-order chi connectivity index (χ0) is 19.7. The largest absolute Gasteiger partial charge is 0.508 e. The summed E-state index contributed by atoms with van der Waals surface area (Å²) in [6, 6.07) is 6.52. The van der Waals surface area contributed by atoms with Crippen molar-refractivity contribution in [2.24, 2.45) is 19.2 Å². The van der Waals surface area contributed by atoms with Gasteiger partial charge in [0.2, 0.25) is 5.95 Å². The molecule has 0 radical (unpaired) electrons. The number of hydrogen-bond donors (Lipinski definition) is 2. The van der Waals surface area contributed by atoms with Gasteiger partial charge >= 0.3 is 5.69 Å². The van der Waals surface area contributed by atoms with Crippen LogP contribution in [0.2, 0.25) is 0 Å². The van der Waals surface area contributed by atoms with E-state index in [0.717, 1.165) is 15.7 Å². The predicted octanol–water partition coefficient (Wildman–Crippen LogP) is 1.16. The topological polar surface area (TPSA) is 106 Å². The molecule has 3 aromatic rings. The molecule has 0 bridgehead atoms. The summed E-state index contributed by atoms with van der Waals surface area (Å²) in [6.07, 6.45) is 1.56. The fraction of sp³-hybridized carbons (Fsp3) is 0.222. The van der Waals surface area contributed by atoms with Crippen LogP contribution in [0.15, 0.2) is 51.1 Å². The summed E-state index contributed by atoms with van der Waals surface area (Å²) in [5, 5.41) is 13.5. The van der Waals surface area contributed by atoms with Crippen molar-refractivity contribution in [1.29, 1.82) is 0 Å². The number of nitrogens with one attached hydrogen (secondary N) is 1. The molecule has 0 saturated carbocycles. The smallest absolute Gasteiger partial charge is 0.332 e. The maximum Gasteiger partial charge on any atom is 0.332 e. The number of anilines is 1. The molecule has 2 aromatic heterocycles. The number of aryl methyl sites for hydroxylation is 1. The van der Waals surface area contributed by atoms with Gasteiger partial charge in [-0.1, -0.05) is 12.2 Å². The van der Waals surface area contributed by atoms with Crippen LogP contribution >= 0.6 is 0 Å². The first-order valence-corrected chi connectivity index (χ1v) is 8.18. The normalized spacial score (nSPS) is 11.4. The van der Waals surface area contributed by atoms with E-state index in [1.165, 1.54) is 11.6 Å². The van der Waals surface area contributed by atoms with Gasteiger partial charge in [0, 0.05) is 20.6 Å². The van der Waals surface area contributed by atoms with Gasteiger partial charge in [-0.25, -0.2) is 10.2 Å². The number of allylic oxidation sites excluding steroid dienone is 1. The lowest BCUT2D eigenvalue weighted by atomic mass is 10.2. The van der Waals surface area contributed by atoms with Gasteiger partial charge in [0.1, 0.15) is 5.75 Å². The van der Waals surface area contributed by atoms with E-state index in [1.807, 2.05) is 6.92 Å². The maximum atomic E-state index is 12.6. The fourth-order valence-electron chi connectivity index (χ4n) is 2.68. The minimum Gasteiger partial charge on any atom is -0.508 e. The van der Waals surface area contributed by atoms with Gasteiger partial charge in [0.05, 0.1) is 6.21 Å². The second kappa shape index (κ2) is 6.94. The zero-order valence-corrected chi connectivity index (χ0v) is 15.3. The van der Waals surface area contributed by atoms with Gasteiger partial charge in [0.25, 0.3) is 5.56 Å². The molecule has 0 amide bonds. The lowest BCUT2D eigenvalue weighted by Crippen LogP contribution is -2.37. The number of benzene rings is 1. The van der Waals surface area contributed by atoms with Gasteiger partial charge in [0.15, 0.2) is 11.2 Å².